The lowest BCUT2D eigenvalue weighted by Gasteiger charge is -2.11. The molecule has 10 heteroatoms. The Hall–Kier alpha value is -4.24. The molecule has 0 aliphatic heterocycles. The molecule has 4 rings (SSSR count). The molecular weight excluding hydrogens is 446 g/mol. The van der Waals surface area contributed by atoms with Crippen molar-refractivity contribution in [3.05, 3.63) is 95.5 Å². The number of hydrogen-bond donors (Lipinski definition) is 1. The quantitative estimate of drug-likeness (QED) is 0.394. The summed E-state index contributed by atoms with van der Waals surface area (Å²) in [7, 11) is 0. The number of halogens is 1. The second-order valence-electron chi connectivity index (χ2n) is 6.74. The van der Waals surface area contributed by atoms with Gasteiger partial charge in [-0.15, -0.1) is 0 Å². The average Bonchev–Trinajstić information content (AvgIpc) is 3.26. The van der Waals surface area contributed by atoms with E-state index in [1.54, 1.807) is 47.4 Å². The highest BCUT2D eigenvalue weighted by Gasteiger charge is 2.18. The monoisotopic (exact) mass is 463 g/mol. The minimum atomic E-state index is -0.748. The fraction of sp³-hybridized carbons (Fsp3) is 0.0870. The van der Waals surface area contributed by atoms with Crippen LogP contribution in [0.25, 0.3) is 0 Å². The Morgan fingerprint density at radius 1 is 1.00 bits per heavy atom. The van der Waals surface area contributed by atoms with Gasteiger partial charge in [0.1, 0.15) is 17.1 Å². The molecule has 0 saturated heterocycles. The largest absolute Gasteiger partial charge is 0.452 e. The van der Waals surface area contributed by atoms with Gasteiger partial charge >= 0.3 is 5.97 Å². The minimum Gasteiger partial charge on any atom is -0.452 e. The van der Waals surface area contributed by atoms with Crippen LogP contribution in [0.1, 0.15) is 15.9 Å². The van der Waals surface area contributed by atoms with Crippen molar-refractivity contribution in [2.24, 2.45) is 0 Å². The molecule has 0 aliphatic rings. The summed E-state index contributed by atoms with van der Waals surface area (Å²) in [5, 5.41) is 7.48. The molecular formula is C23H18ClN5O4. The molecule has 9 nitrogen and oxygen atoms in total. The van der Waals surface area contributed by atoms with Crippen LogP contribution in [-0.2, 0) is 16.1 Å². The number of esters is 1. The van der Waals surface area contributed by atoms with Crippen LogP contribution in [0.3, 0.4) is 0 Å². The third-order valence-electron chi connectivity index (χ3n) is 4.44. The molecule has 166 valence electrons. The maximum atomic E-state index is 12.5. The van der Waals surface area contributed by atoms with Crippen molar-refractivity contribution in [1.29, 1.82) is 0 Å². The Morgan fingerprint density at radius 2 is 1.85 bits per heavy atom. The third-order valence-corrected chi connectivity index (χ3v) is 4.81. The summed E-state index contributed by atoms with van der Waals surface area (Å²) in [6.45, 7) is -0.135. The molecule has 1 amide bonds. The van der Waals surface area contributed by atoms with E-state index in [0.29, 0.717) is 23.1 Å². The summed E-state index contributed by atoms with van der Waals surface area (Å²) in [6, 6.07) is 15.4. The first kappa shape index (κ1) is 22.0. The molecule has 4 aromatic rings. The maximum absolute atomic E-state index is 12.5. The van der Waals surface area contributed by atoms with Gasteiger partial charge in [0.05, 0.1) is 18.9 Å². The smallest absolute Gasteiger partial charge is 0.344 e. The van der Waals surface area contributed by atoms with Gasteiger partial charge in [-0.3, -0.25) is 9.78 Å². The lowest BCUT2D eigenvalue weighted by molar-refractivity contribution is -0.119. The van der Waals surface area contributed by atoms with Crippen LogP contribution in [-0.4, -0.2) is 38.2 Å². The van der Waals surface area contributed by atoms with Crippen LogP contribution >= 0.6 is 11.6 Å². The van der Waals surface area contributed by atoms with Gasteiger partial charge in [0.25, 0.3) is 5.91 Å². The number of aromatic nitrogens is 4. The molecule has 0 aliphatic carbocycles. The van der Waals surface area contributed by atoms with E-state index >= 15 is 0 Å². The summed E-state index contributed by atoms with van der Waals surface area (Å²) in [4.78, 5) is 32.9. The van der Waals surface area contributed by atoms with Crippen LogP contribution in [0.15, 0.2) is 79.4 Å². The van der Waals surface area contributed by atoms with Gasteiger partial charge in [0.2, 0.25) is 5.88 Å². The molecule has 3 heterocycles. The molecule has 0 atom stereocenters. The first-order valence-corrected chi connectivity index (χ1v) is 10.2. The van der Waals surface area contributed by atoms with Gasteiger partial charge in [-0.1, -0.05) is 29.8 Å². The molecule has 33 heavy (non-hydrogen) atoms. The lowest BCUT2D eigenvalue weighted by Crippen LogP contribution is -2.23. The Labute approximate surface area is 194 Å². The normalized spacial score (nSPS) is 10.5. The van der Waals surface area contributed by atoms with Crippen molar-refractivity contribution < 1.29 is 19.1 Å². The van der Waals surface area contributed by atoms with Gasteiger partial charge in [0, 0.05) is 23.5 Å². The number of rotatable bonds is 8. The van der Waals surface area contributed by atoms with Gasteiger partial charge in [-0.05, 0) is 35.9 Å². The minimum absolute atomic E-state index is 0.0497. The zero-order valence-corrected chi connectivity index (χ0v) is 18.0. The highest BCUT2D eigenvalue weighted by molar-refractivity contribution is 6.31. The van der Waals surface area contributed by atoms with Crippen molar-refractivity contribution in [2.45, 2.75) is 6.54 Å². The van der Waals surface area contributed by atoms with E-state index in [-0.39, 0.29) is 11.4 Å². The summed E-state index contributed by atoms with van der Waals surface area (Å²) < 4.78 is 12.3. The summed E-state index contributed by atoms with van der Waals surface area (Å²) in [5.41, 5.74) is 0.931. The first-order chi connectivity index (χ1) is 16.1. The van der Waals surface area contributed by atoms with Crippen LogP contribution in [0.4, 0.5) is 5.82 Å². The molecule has 1 N–H and O–H groups in total. The SMILES string of the molecule is O=C(COC(=O)c1cccnc1Oc1cccnc1)Nc1ccnn1Cc1ccccc1Cl. The molecule has 0 spiro atoms. The van der Waals surface area contributed by atoms with E-state index in [2.05, 4.69) is 20.4 Å². The van der Waals surface area contributed by atoms with E-state index in [9.17, 15) is 9.59 Å². The van der Waals surface area contributed by atoms with Crippen LogP contribution < -0.4 is 10.1 Å². The summed E-state index contributed by atoms with van der Waals surface area (Å²) in [5.74, 6) is -0.369. The zero-order chi connectivity index (χ0) is 23.0. The maximum Gasteiger partial charge on any atom is 0.344 e. The Morgan fingerprint density at radius 3 is 2.67 bits per heavy atom. The highest BCUT2D eigenvalue weighted by atomic mass is 35.5. The van der Waals surface area contributed by atoms with Crippen LogP contribution in [0.2, 0.25) is 5.02 Å². The number of pyridine rings is 2. The van der Waals surface area contributed by atoms with Crippen molar-refractivity contribution >= 4 is 29.3 Å². The fourth-order valence-corrected chi connectivity index (χ4v) is 3.08. The average molecular weight is 464 g/mol. The van der Waals surface area contributed by atoms with Gasteiger partial charge in [-0.2, -0.15) is 5.10 Å². The Kier molecular flexibility index (Phi) is 6.91. The standard InChI is InChI=1S/C23H18ClN5O4/c24-19-8-2-1-5-16(19)14-29-20(9-12-27-29)28-21(30)15-32-23(31)18-7-4-11-26-22(18)33-17-6-3-10-25-13-17/h1-13H,14-15H2,(H,28,30). The second-order valence-corrected chi connectivity index (χ2v) is 7.14. The van der Waals surface area contributed by atoms with E-state index in [1.165, 1.54) is 18.5 Å². The third kappa shape index (κ3) is 5.72. The van der Waals surface area contributed by atoms with Gasteiger partial charge < -0.3 is 14.8 Å². The Balaban J connectivity index is 1.36. The molecule has 1 aromatic carbocycles. The molecule has 0 saturated carbocycles. The van der Waals surface area contributed by atoms with Crippen molar-refractivity contribution in [3.8, 4) is 11.6 Å². The summed E-state index contributed by atoms with van der Waals surface area (Å²) in [6.07, 6.45) is 6.12. The van der Waals surface area contributed by atoms with E-state index in [4.69, 9.17) is 21.1 Å². The van der Waals surface area contributed by atoms with Gasteiger partial charge in [0.15, 0.2) is 6.61 Å². The second kappa shape index (κ2) is 10.4. The summed E-state index contributed by atoms with van der Waals surface area (Å²) >= 11 is 6.20. The number of carbonyl (C=O) groups is 2. The topological polar surface area (TPSA) is 108 Å². The van der Waals surface area contributed by atoms with E-state index in [0.717, 1.165) is 5.56 Å². The molecule has 0 radical (unpaired) electrons. The Bertz CT molecular complexity index is 1260. The predicted molar refractivity (Wildman–Crippen MR) is 120 cm³/mol. The van der Waals surface area contributed by atoms with Crippen LogP contribution in [0.5, 0.6) is 11.6 Å². The number of amides is 1. The first-order valence-electron chi connectivity index (χ1n) is 9.85. The number of ether oxygens (including phenoxy) is 2. The number of carbonyl (C=O) groups excluding carboxylic acids is 2. The number of anilines is 1. The van der Waals surface area contributed by atoms with Crippen molar-refractivity contribution in [3.63, 3.8) is 0 Å². The van der Waals surface area contributed by atoms with E-state index < -0.39 is 18.5 Å². The predicted octanol–water partition coefficient (Wildman–Crippen LogP) is 3.96. The highest BCUT2D eigenvalue weighted by Crippen LogP contribution is 2.23. The zero-order valence-electron chi connectivity index (χ0n) is 17.2. The molecule has 3 aromatic heterocycles. The molecule has 0 fully saturated rings. The molecule has 0 bridgehead atoms. The number of nitrogens with zero attached hydrogens (tertiary/aromatic N) is 4. The number of benzene rings is 1. The number of nitrogens with one attached hydrogen (secondary N) is 1. The molecule has 0 unspecified atom stereocenters. The van der Waals surface area contributed by atoms with Crippen molar-refractivity contribution in [1.82, 2.24) is 19.7 Å². The lowest BCUT2D eigenvalue weighted by atomic mass is 10.2. The van der Waals surface area contributed by atoms with Gasteiger partial charge in [-0.25, -0.2) is 14.5 Å². The fourth-order valence-electron chi connectivity index (χ4n) is 2.89. The van der Waals surface area contributed by atoms with Crippen molar-refractivity contribution in [2.75, 3.05) is 11.9 Å². The van der Waals surface area contributed by atoms with E-state index in [1.807, 2.05) is 18.2 Å². The number of hydrogen-bond acceptors (Lipinski definition) is 7. The van der Waals surface area contributed by atoms with Crippen LogP contribution in [0, 0.1) is 0 Å².